The van der Waals surface area contributed by atoms with Crippen LogP contribution in [0.1, 0.15) is 5.56 Å². The zero-order valence-corrected chi connectivity index (χ0v) is 13.0. The van der Waals surface area contributed by atoms with Gasteiger partial charge in [0.05, 0.1) is 6.61 Å². The van der Waals surface area contributed by atoms with Gasteiger partial charge in [0.25, 0.3) is 0 Å². The molecule has 0 aliphatic carbocycles. The van der Waals surface area contributed by atoms with Crippen LogP contribution in [-0.2, 0) is 10.6 Å². The molecule has 0 saturated heterocycles. The summed E-state index contributed by atoms with van der Waals surface area (Å²) >= 11 is 1.40. The molecule has 21 heavy (non-hydrogen) atoms. The first-order valence-corrected chi connectivity index (χ1v) is 8.08. The standard InChI is InChI=1S/C17H20O3S/c1-21-20-12-11-15-7-9-17(10-8-15)19-14-13-18-16-5-3-2-4-6-16/h2-10H,11-14H2,1H3. The van der Waals surface area contributed by atoms with Gasteiger partial charge in [0.1, 0.15) is 24.7 Å². The molecule has 0 aromatic heterocycles. The second kappa shape index (κ2) is 9.32. The third-order valence-corrected chi connectivity index (χ3v) is 3.28. The first kappa shape index (κ1) is 15.7. The molecule has 112 valence electrons. The smallest absolute Gasteiger partial charge is 0.122 e. The fraction of sp³-hybridized carbons (Fsp3) is 0.294. The highest BCUT2D eigenvalue weighted by Gasteiger charge is 1.97. The predicted octanol–water partition coefficient (Wildman–Crippen LogP) is 3.98. The Labute approximate surface area is 130 Å². The van der Waals surface area contributed by atoms with Crippen molar-refractivity contribution in [3.63, 3.8) is 0 Å². The van der Waals surface area contributed by atoms with Gasteiger partial charge in [0.2, 0.25) is 0 Å². The molecule has 0 bridgehead atoms. The van der Waals surface area contributed by atoms with E-state index in [-0.39, 0.29) is 0 Å². The molecule has 3 nitrogen and oxygen atoms in total. The van der Waals surface area contributed by atoms with Crippen LogP contribution >= 0.6 is 12.0 Å². The topological polar surface area (TPSA) is 27.7 Å². The average Bonchev–Trinajstić information content (AvgIpc) is 2.54. The Morgan fingerprint density at radius 3 is 2.00 bits per heavy atom. The molecule has 0 aliphatic heterocycles. The Kier molecular flexibility index (Phi) is 6.98. The molecule has 0 fully saturated rings. The summed E-state index contributed by atoms with van der Waals surface area (Å²) < 4.78 is 16.5. The zero-order chi connectivity index (χ0) is 14.8. The van der Waals surface area contributed by atoms with Gasteiger partial charge in [-0.15, -0.1) is 0 Å². The monoisotopic (exact) mass is 304 g/mol. The zero-order valence-electron chi connectivity index (χ0n) is 12.2. The van der Waals surface area contributed by atoms with Crippen LogP contribution in [0.25, 0.3) is 0 Å². The highest BCUT2D eigenvalue weighted by atomic mass is 32.2. The van der Waals surface area contributed by atoms with Gasteiger partial charge in [-0.25, -0.2) is 0 Å². The van der Waals surface area contributed by atoms with Gasteiger partial charge in [-0.1, -0.05) is 30.3 Å². The van der Waals surface area contributed by atoms with Gasteiger partial charge in [0.15, 0.2) is 0 Å². The van der Waals surface area contributed by atoms with Crippen molar-refractivity contribution in [2.24, 2.45) is 0 Å². The van der Waals surface area contributed by atoms with Crippen molar-refractivity contribution in [1.29, 1.82) is 0 Å². The minimum atomic E-state index is 0.532. The van der Waals surface area contributed by atoms with Crippen LogP contribution in [0.15, 0.2) is 54.6 Å². The van der Waals surface area contributed by atoms with Gasteiger partial charge >= 0.3 is 0 Å². The van der Waals surface area contributed by atoms with Crippen molar-refractivity contribution in [2.45, 2.75) is 6.42 Å². The van der Waals surface area contributed by atoms with Crippen molar-refractivity contribution in [3.05, 3.63) is 60.2 Å². The van der Waals surface area contributed by atoms with Gasteiger partial charge in [-0.05, 0) is 48.3 Å². The Bertz CT molecular complexity index is 499. The fourth-order valence-corrected chi connectivity index (χ4v) is 2.08. The third kappa shape index (κ3) is 6.10. The SMILES string of the molecule is CSOCCc1ccc(OCCOc2ccccc2)cc1. The van der Waals surface area contributed by atoms with Gasteiger partial charge in [0, 0.05) is 6.26 Å². The van der Waals surface area contributed by atoms with E-state index in [1.807, 2.05) is 48.7 Å². The summed E-state index contributed by atoms with van der Waals surface area (Å²) in [6, 6.07) is 17.8. The molecule has 0 amide bonds. The van der Waals surface area contributed by atoms with Crippen LogP contribution in [0.4, 0.5) is 0 Å². The molecule has 0 heterocycles. The summed E-state index contributed by atoms with van der Waals surface area (Å²) in [4.78, 5) is 0. The highest BCUT2D eigenvalue weighted by molar-refractivity contribution is 7.93. The van der Waals surface area contributed by atoms with Crippen LogP contribution in [0, 0.1) is 0 Å². The summed E-state index contributed by atoms with van der Waals surface area (Å²) in [6.07, 6.45) is 2.84. The van der Waals surface area contributed by atoms with Crippen molar-refractivity contribution in [1.82, 2.24) is 0 Å². The Balaban J connectivity index is 1.66. The van der Waals surface area contributed by atoms with Crippen molar-refractivity contribution >= 4 is 12.0 Å². The molecule has 0 atom stereocenters. The molecule has 2 rings (SSSR count). The molecular formula is C17H20O3S. The second-order valence-electron chi connectivity index (χ2n) is 4.39. The van der Waals surface area contributed by atoms with Crippen LogP contribution in [0.5, 0.6) is 11.5 Å². The Hall–Kier alpha value is -1.65. The lowest BCUT2D eigenvalue weighted by Crippen LogP contribution is -2.08. The molecule has 4 heteroatoms. The van der Waals surface area contributed by atoms with E-state index in [1.54, 1.807) is 0 Å². The van der Waals surface area contributed by atoms with Crippen molar-refractivity contribution in [3.8, 4) is 11.5 Å². The van der Waals surface area contributed by atoms with E-state index in [9.17, 15) is 0 Å². The number of hydrogen-bond donors (Lipinski definition) is 0. The maximum Gasteiger partial charge on any atom is 0.122 e. The maximum absolute atomic E-state index is 5.65. The summed E-state index contributed by atoms with van der Waals surface area (Å²) in [5.74, 6) is 1.73. The van der Waals surface area contributed by atoms with Crippen LogP contribution in [0.3, 0.4) is 0 Å². The largest absolute Gasteiger partial charge is 0.490 e. The first-order chi connectivity index (χ1) is 10.4. The summed E-state index contributed by atoms with van der Waals surface area (Å²) in [5.41, 5.74) is 1.25. The van der Waals surface area contributed by atoms with Crippen LogP contribution in [0.2, 0.25) is 0 Å². The van der Waals surface area contributed by atoms with E-state index >= 15 is 0 Å². The Morgan fingerprint density at radius 1 is 0.762 bits per heavy atom. The normalized spacial score (nSPS) is 10.3. The van der Waals surface area contributed by atoms with E-state index in [1.165, 1.54) is 17.6 Å². The van der Waals surface area contributed by atoms with Crippen molar-refractivity contribution in [2.75, 3.05) is 26.1 Å². The minimum Gasteiger partial charge on any atom is -0.490 e. The van der Waals surface area contributed by atoms with E-state index < -0.39 is 0 Å². The molecule has 2 aromatic carbocycles. The highest BCUT2D eigenvalue weighted by Crippen LogP contribution is 2.13. The molecule has 0 radical (unpaired) electrons. The number of rotatable bonds is 9. The lowest BCUT2D eigenvalue weighted by molar-refractivity contribution is 0.217. The van der Waals surface area contributed by atoms with E-state index in [0.29, 0.717) is 13.2 Å². The molecular weight excluding hydrogens is 284 g/mol. The fourth-order valence-electron chi connectivity index (χ4n) is 1.83. The molecule has 0 saturated carbocycles. The predicted molar refractivity (Wildman–Crippen MR) is 87.0 cm³/mol. The number of ether oxygens (including phenoxy) is 2. The van der Waals surface area contributed by atoms with Crippen LogP contribution in [-0.4, -0.2) is 26.1 Å². The summed E-state index contributed by atoms with van der Waals surface area (Å²) in [6.45, 7) is 1.80. The minimum absolute atomic E-state index is 0.532. The molecule has 0 N–H and O–H groups in total. The van der Waals surface area contributed by atoms with Crippen molar-refractivity contribution < 1.29 is 13.7 Å². The van der Waals surface area contributed by atoms with E-state index in [0.717, 1.165) is 24.5 Å². The molecule has 0 aliphatic rings. The number of para-hydroxylation sites is 1. The van der Waals surface area contributed by atoms with E-state index in [2.05, 4.69) is 12.1 Å². The quantitative estimate of drug-likeness (QED) is 0.517. The molecule has 0 spiro atoms. The lowest BCUT2D eigenvalue weighted by atomic mass is 10.1. The number of benzene rings is 2. The second-order valence-corrected chi connectivity index (χ2v) is 4.96. The number of hydrogen-bond acceptors (Lipinski definition) is 4. The summed E-state index contributed by atoms with van der Waals surface area (Å²) in [5, 5.41) is 0. The average molecular weight is 304 g/mol. The maximum atomic E-state index is 5.65. The van der Waals surface area contributed by atoms with Gasteiger partial charge in [-0.3, -0.25) is 0 Å². The molecule has 0 unspecified atom stereocenters. The van der Waals surface area contributed by atoms with Gasteiger partial charge < -0.3 is 13.7 Å². The Morgan fingerprint density at radius 2 is 1.38 bits per heavy atom. The van der Waals surface area contributed by atoms with Crippen LogP contribution < -0.4 is 9.47 Å². The third-order valence-electron chi connectivity index (χ3n) is 2.88. The molecule has 2 aromatic rings. The van der Waals surface area contributed by atoms with Gasteiger partial charge in [-0.2, -0.15) is 0 Å². The summed E-state index contributed by atoms with van der Waals surface area (Å²) in [7, 11) is 0. The first-order valence-electron chi connectivity index (χ1n) is 6.93. The lowest BCUT2D eigenvalue weighted by Gasteiger charge is -2.09. The van der Waals surface area contributed by atoms with E-state index in [4.69, 9.17) is 13.7 Å².